The van der Waals surface area contributed by atoms with Crippen LogP contribution in [0, 0.1) is 11.6 Å². The van der Waals surface area contributed by atoms with E-state index >= 15 is 0 Å². The molecule has 0 aliphatic rings. The van der Waals surface area contributed by atoms with Crippen molar-refractivity contribution in [2.45, 2.75) is 4.90 Å². The fourth-order valence-corrected chi connectivity index (χ4v) is 2.32. The van der Waals surface area contributed by atoms with Gasteiger partial charge in [-0.1, -0.05) is 6.07 Å². The maximum atomic E-state index is 13.4. The molecule has 0 saturated heterocycles. The van der Waals surface area contributed by atoms with E-state index < -0.39 is 27.3 Å². The lowest BCUT2D eigenvalue weighted by Crippen LogP contribution is -2.15. The molecular weight excluding hydrogens is 290 g/mol. The van der Waals surface area contributed by atoms with Crippen molar-refractivity contribution >= 4 is 21.7 Å². The summed E-state index contributed by atoms with van der Waals surface area (Å²) >= 11 is 0. The number of nitrogens with zero attached hydrogens (tertiary/aromatic N) is 2. The normalized spacial score (nSPS) is 11.2. The van der Waals surface area contributed by atoms with Crippen LogP contribution in [0.2, 0.25) is 0 Å². The topological polar surface area (TPSA) is 84.0 Å². The fraction of sp³-hybridized carbons (Fsp3) is 0.0909. The van der Waals surface area contributed by atoms with Crippen LogP contribution in [-0.2, 0) is 10.0 Å². The molecule has 0 radical (unpaired) electrons. The molecule has 1 aromatic carbocycles. The minimum atomic E-state index is -4.09. The lowest BCUT2D eigenvalue weighted by molar-refractivity contribution is 0.511. The largest absolute Gasteiger partial charge is 0.357 e. The van der Waals surface area contributed by atoms with Crippen LogP contribution in [0.1, 0.15) is 0 Å². The number of halogens is 2. The molecule has 0 bridgehead atoms. The van der Waals surface area contributed by atoms with Gasteiger partial charge >= 0.3 is 0 Å². The average Bonchev–Trinajstić information content (AvgIpc) is 2.44. The Morgan fingerprint density at radius 3 is 2.40 bits per heavy atom. The summed E-state index contributed by atoms with van der Waals surface area (Å²) in [6, 6.07) is 3.19. The maximum Gasteiger partial charge on any atom is 0.265 e. The Kier molecular flexibility index (Phi) is 3.79. The summed E-state index contributed by atoms with van der Waals surface area (Å²) in [6.45, 7) is 0. The van der Waals surface area contributed by atoms with Crippen LogP contribution in [0.4, 0.5) is 20.4 Å². The first-order chi connectivity index (χ1) is 9.44. The van der Waals surface area contributed by atoms with Crippen LogP contribution in [0.5, 0.6) is 0 Å². The van der Waals surface area contributed by atoms with Crippen molar-refractivity contribution in [2.75, 3.05) is 17.1 Å². The van der Waals surface area contributed by atoms with Crippen LogP contribution in [0.15, 0.2) is 35.5 Å². The number of rotatable bonds is 4. The minimum Gasteiger partial charge on any atom is -0.357 e. The zero-order valence-electron chi connectivity index (χ0n) is 10.3. The van der Waals surface area contributed by atoms with E-state index in [-0.39, 0.29) is 10.8 Å². The molecule has 0 atom stereocenters. The van der Waals surface area contributed by atoms with Gasteiger partial charge in [-0.2, -0.15) is 0 Å². The number of nitrogens with one attached hydrogen (secondary N) is 2. The van der Waals surface area contributed by atoms with Gasteiger partial charge in [0.2, 0.25) is 5.95 Å². The molecule has 0 amide bonds. The highest BCUT2D eigenvalue weighted by Crippen LogP contribution is 2.20. The zero-order valence-corrected chi connectivity index (χ0v) is 11.1. The molecule has 1 aromatic heterocycles. The highest BCUT2D eigenvalue weighted by molar-refractivity contribution is 7.92. The first-order valence-corrected chi connectivity index (χ1v) is 6.89. The van der Waals surface area contributed by atoms with Crippen molar-refractivity contribution in [1.29, 1.82) is 0 Å². The van der Waals surface area contributed by atoms with E-state index in [1.54, 1.807) is 7.05 Å². The smallest absolute Gasteiger partial charge is 0.265 e. The third kappa shape index (κ3) is 2.82. The molecule has 0 aliphatic heterocycles. The molecule has 0 unspecified atom stereocenters. The van der Waals surface area contributed by atoms with Gasteiger partial charge < -0.3 is 5.32 Å². The molecule has 0 saturated carbocycles. The minimum absolute atomic E-state index is 0.237. The molecule has 1 heterocycles. The van der Waals surface area contributed by atoms with E-state index in [2.05, 4.69) is 15.3 Å². The molecule has 20 heavy (non-hydrogen) atoms. The molecule has 106 valence electrons. The molecule has 0 aliphatic carbocycles. The Bertz CT molecular complexity index is 720. The van der Waals surface area contributed by atoms with Crippen molar-refractivity contribution in [3.8, 4) is 0 Å². The van der Waals surface area contributed by atoms with Gasteiger partial charge in [-0.05, 0) is 12.1 Å². The van der Waals surface area contributed by atoms with Crippen molar-refractivity contribution in [2.24, 2.45) is 0 Å². The number of hydrogen-bond acceptors (Lipinski definition) is 5. The van der Waals surface area contributed by atoms with E-state index in [0.717, 1.165) is 24.5 Å². The van der Waals surface area contributed by atoms with Crippen LogP contribution in [0.25, 0.3) is 0 Å². The Labute approximate surface area is 113 Å². The molecule has 9 heteroatoms. The van der Waals surface area contributed by atoms with Crippen LogP contribution < -0.4 is 10.0 Å². The maximum absolute atomic E-state index is 13.4. The van der Waals surface area contributed by atoms with E-state index in [4.69, 9.17) is 0 Å². The van der Waals surface area contributed by atoms with Gasteiger partial charge in [0, 0.05) is 7.05 Å². The standard InChI is InChI=1S/C11H10F2N4O2S/c1-14-11-15-5-7(6-16-11)20(18,19)17-9-4-2-3-8(12)10(9)13/h2-6,17H,1H3,(H,14,15,16). The number of benzene rings is 1. The molecular formula is C11H10F2N4O2S. The second-order valence-electron chi connectivity index (χ2n) is 3.70. The van der Waals surface area contributed by atoms with Gasteiger partial charge in [-0.25, -0.2) is 27.2 Å². The van der Waals surface area contributed by atoms with E-state index in [1.165, 1.54) is 6.07 Å². The third-order valence-corrected chi connectivity index (χ3v) is 3.68. The molecule has 6 nitrogen and oxygen atoms in total. The number of hydrogen-bond donors (Lipinski definition) is 2. The summed E-state index contributed by atoms with van der Waals surface area (Å²) < 4.78 is 52.3. The number of aromatic nitrogens is 2. The van der Waals surface area contributed by atoms with E-state index in [1.807, 2.05) is 4.72 Å². The summed E-state index contributed by atoms with van der Waals surface area (Å²) in [4.78, 5) is 7.21. The number of anilines is 2. The van der Waals surface area contributed by atoms with Crippen molar-refractivity contribution in [3.05, 3.63) is 42.2 Å². The van der Waals surface area contributed by atoms with Crippen molar-refractivity contribution in [3.63, 3.8) is 0 Å². The van der Waals surface area contributed by atoms with E-state index in [0.29, 0.717) is 0 Å². The van der Waals surface area contributed by atoms with Gasteiger partial charge in [0.1, 0.15) is 4.90 Å². The van der Waals surface area contributed by atoms with Gasteiger partial charge in [0.05, 0.1) is 18.1 Å². The first kappa shape index (κ1) is 14.1. The predicted octanol–water partition coefficient (Wildman–Crippen LogP) is 1.60. The molecule has 2 rings (SSSR count). The Hall–Kier alpha value is -2.29. The van der Waals surface area contributed by atoms with Gasteiger partial charge in [-0.15, -0.1) is 0 Å². The fourth-order valence-electron chi connectivity index (χ4n) is 1.37. The third-order valence-electron chi connectivity index (χ3n) is 2.36. The van der Waals surface area contributed by atoms with Crippen LogP contribution in [0.3, 0.4) is 0 Å². The molecule has 0 fully saturated rings. The molecule has 0 spiro atoms. The van der Waals surface area contributed by atoms with Gasteiger partial charge in [0.25, 0.3) is 10.0 Å². The van der Waals surface area contributed by atoms with Crippen LogP contribution >= 0.6 is 0 Å². The lowest BCUT2D eigenvalue weighted by Gasteiger charge is -2.09. The Balaban J connectivity index is 2.33. The quantitative estimate of drug-likeness (QED) is 0.896. The lowest BCUT2D eigenvalue weighted by atomic mass is 10.3. The van der Waals surface area contributed by atoms with Crippen LogP contribution in [-0.4, -0.2) is 25.4 Å². The van der Waals surface area contributed by atoms with E-state index in [9.17, 15) is 17.2 Å². The number of sulfonamides is 1. The van der Waals surface area contributed by atoms with Gasteiger partial charge in [0.15, 0.2) is 11.6 Å². The predicted molar refractivity (Wildman–Crippen MR) is 68.7 cm³/mol. The summed E-state index contributed by atoms with van der Waals surface area (Å²) in [7, 11) is -2.51. The second kappa shape index (κ2) is 5.37. The summed E-state index contributed by atoms with van der Waals surface area (Å²) in [5.74, 6) is -2.18. The molecule has 2 N–H and O–H groups in total. The van der Waals surface area contributed by atoms with Crippen molar-refractivity contribution < 1.29 is 17.2 Å². The zero-order chi connectivity index (χ0) is 14.8. The summed E-state index contributed by atoms with van der Waals surface area (Å²) in [5.41, 5.74) is -0.484. The first-order valence-electron chi connectivity index (χ1n) is 5.40. The highest BCUT2D eigenvalue weighted by Gasteiger charge is 2.18. The van der Waals surface area contributed by atoms with Crippen molar-refractivity contribution in [1.82, 2.24) is 9.97 Å². The Morgan fingerprint density at radius 1 is 1.15 bits per heavy atom. The molecule has 2 aromatic rings. The Morgan fingerprint density at radius 2 is 1.80 bits per heavy atom. The second-order valence-corrected chi connectivity index (χ2v) is 5.38. The summed E-state index contributed by atoms with van der Waals surface area (Å²) in [5, 5.41) is 2.62. The average molecular weight is 300 g/mol. The monoisotopic (exact) mass is 300 g/mol. The highest BCUT2D eigenvalue weighted by atomic mass is 32.2. The van der Waals surface area contributed by atoms with Gasteiger partial charge in [-0.3, -0.25) is 4.72 Å². The SMILES string of the molecule is CNc1ncc(S(=O)(=O)Nc2cccc(F)c2F)cn1. The summed E-state index contributed by atoms with van der Waals surface area (Å²) in [6.07, 6.45) is 2.11.